The van der Waals surface area contributed by atoms with Crippen molar-refractivity contribution in [3.05, 3.63) is 81.7 Å². The summed E-state index contributed by atoms with van der Waals surface area (Å²) < 4.78 is 10.6. The molecule has 8 heteroatoms. The molecule has 0 radical (unpaired) electrons. The van der Waals surface area contributed by atoms with Crippen molar-refractivity contribution >= 4 is 39.9 Å². The molecule has 1 aromatic heterocycles. The quantitative estimate of drug-likeness (QED) is 0.356. The Bertz CT molecular complexity index is 1240. The number of nitrogens with one attached hydrogen (secondary N) is 1. The number of nitrogens with two attached hydrogens (primary N) is 1. The zero-order valence-corrected chi connectivity index (χ0v) is 20.5. The number of ether oxygens (including phenoxy) is 2. The number of anilines is 2. The number of nitrogen functional groups attached to an aromatic ring is 1. The van der Waals surface area contributed by atoms with E-state index in [4.69, 9.17) is 15.2 Å². The van der Waals surface area contributed by atoms with Crippen LogP contribution in [0.2, 0.25) is 0 Å². The molecule has 3 aromatic rings. The molecule has 0 spiro atoms. The molecular weight excluding hydrogens is 464 g/mol. The smallest absolute Gasteiger partial charge is 0.341 e. The summed E-state index contributed by atoms with van der Waals surface area (Å²) >= 11 is 1.39. The molecule has 2 atom stereocenters. The summed E-state index contributed by atoms with van der Waals surface area (Å²) in [6.07, 6.45) is 1.33. The predicted octanol–water partition coefficient (Wildman–Crippen LogP) is 4.96. The van der Waals surface area contributed by atoms with E-state index in [9.17, 15) is 14.4 Å². The van der Waals surface area contributed by atoms with Crippen LogP contribution in [0.25, 0.3) is 0 Å². The second-order valence-electron chi connectivity index (χ2n) is 8.44. The Balaban J connectivity index is 1.53. The number of amides is 1. The third-order valence-corrected chi connectivity index (χ3v) is 7.20. The van der Waals surface area contributed by atoms with Crippen LogP contribution in [-0.2, 0) is 27.1 Å². The number of rotatable bonds is 7. The van der Waals surface area contributed by atoms with Crippen LogP contribution in [0.4, 0.5) is 10.7 Å². The Morgan fingerprint density at radius 1 is 1.11 bits per heavy atom. The normalized spacial score (nSPS) is 15.5. The molecule has 3 N–H and O–H groups in total. The molecule has 1 aliphatic rings. The van der Waals surface area contributed by atoms with Crippen molar-refractivity contribution in [2.24, 2.45) is 0 Å². The van der Waals surface area contributed by atoms with Gasteiger partial charge in [-0.2, -0.15) is 0 Å². The lowest BCUT2D eigenvalue weighted by atomic mass is 9.83. The highest BCUT2D eigenvalue weighted by molar-refractivity contribution is 7.17. The average Bonchev–Trinajstić information content (AvgIpc) is 3.21. The summed E-state index contributed by atoms with van der Waals surface area (Å²) in [6.45, 7) is 3.47. The lowest BCUT2D eigenvalue weighted by Gasteiger charge is -2.23. The largest absolute Gasteiger partial charge is 0.462 e. The van der Waals surface area contributed by atoms with E-state index in [2.05, 4.69) is 17.4 Å². The maximum absolute atomic E-state index is 12.9. The number of hydrogen-bond acceptors (Lipinski definition) is 7. The molecule has 0 saturated heterocycles. The van der Waals surface area contributed by atoms with Crippen LogP contribution in [0.5, 0.6) is 0 Å². The summed E-state index contributed by atoms with van der Waals surface area (Å²) in [4.78, 5) is 39.2. The van der Waals surface area contributed by atoms with Gasteiger partial charge in [0.05, 0.1) is 17.7 Å². The van der Waals surface area contributed by atoms with Gasteiger partial charge >= 0.3 is 11.9 Å². The van der Waals surface area contributed by atoms with E-state index in [0.29, 0.717) is 22.2 Å². The van der Waals surface area contributed by atoms with Crippen molar-refractivity contribution < 1.29 is 23.9 Å². The van der Waals surface area contributed by atoms with Crippen LogP contribution in [-0.4, -0.2) is 30.6 Å². The Hall–Kier alpha value is -3.65. The van der Waals surface area contributed by atoms with Crippen LogP contribution >= 0.6 is 11.3 Å². The molecule has 2 unspecified atom stereocenters. The highest BCUT2D eigenvalue weighted by Gasteiger charge is 2.32. The first-order valence-electron chi connectivity index (χ1n) is 11.6. The van der Waals surface area contributed by atoms with E-state index in [0.717, 1.165) is 29.7 Å². The summed E-state index contributed by atoms with van der Waals surface area (Å²) in [5, 5.41) is 3.24. The minimum atomic E-state index is -1.07. The molecule has 1 aliphatic carbocycles. The summed E-state index contributed by atoms with van der Waals surface area (Å²) in [5.41, 5.74) is 9.00. The number of carbonyl (C=O) groups is 3. The van der Waals surface area contributed by atoms with Crippen LogP contribution < -0.4 is 11.1 Å². The molecule has 7 nitrogen and oxygen atoms in total. The molecule has 0 bridgehead atoms. The first-order valence-corrected chi connectivity index (χ1v) is 12.4. The fourth-order valence-electron chi connectivity index (χ4n) is 4.26. The zero-order chi connectivity index (χ0) is 24.9. The second kappa shape index (κ2) is 10.7. The maximum Gasteiger partial charge on any atom is 0.341 e. The van der Waals surface area contributed by atoms with Gasteiger partial charge in [-0.3, -0.25) is 4.79 Å². The van der Waals surface area contributed by atoms with Crippen LogP contribution in [0.1, 0.15) is 62.9 Å². The van der Waals surface area contributed by atoms with Crippen molar-refractivity contribution in [2.75, 3.05) is 17.7 Å². The lowest BCUT2D eigenvalue weighted by molar-refractivity contribution is -0.123. The van der Waals surface area contributed by atoms with Gasteiger partial charge in [-0.15, -0.1) is 11.3 Å². The van der Waals surface area contributed by atoms with Crippen LogP contribution in [0.15, 0.2) is 54.6 Å². The lowest BCUT2D eigenvalue weighted by Crippen LogP contribution is -2.30. The van der Waals surface area contributed by atoms with Crippen molar-refractivity contribution in [1.82, 2.24) is 0 Å². The highest BCUT2D eigenvalue weighted by Crippen LogP contribution is 2.42. The Morgan fingerprint density at radius 2 is 1.89 bits per heavy atom. The molecule has 1 amide bonds. The van der Waals surface area contributed by atoms with Gasteiger partial charge < -0.3 is 20.5 Å². The number of benzene rings is 2. The second-order valence-corrected chi connectivity index (χ2v) is 9.55. The molecule has 0 aliphatic heterocycles. The van der Waals surface area contributed by atoms with E-state index in [-0.39, 0.29) is 12.2 Å². The fraction of sp³-hybridized carbons (Fsp3) is 0.296. The van der Waals surface area contributed by atoms with Gasteiger partial charge in [0.25, 0.3) is 5.91 Å². The summed E-state index contributed by atoms with van der Waals surface area (Å²) in [7, 11) is 0. The van der Waals surface area contributed by atoms with E-state index in [1.807, 2.05) is 18.2 Å². The monoisotopic (exact) mass is 492 g/mol. The minimum Gasteiger partial charge on any atom is -0.462 e. The first kappa shape index (κ1) is 24.5. The summed E-state index contributed by atoms with van der Waals surface area (Å²) in [5.74, 6) is -1.28. The van der Waals surface area contributed by atoms with E-state index >= 15 is 0 Å². The van der Waals surface area contributed by atoms with Crippen molar-refractivity contribution in [3.8, 4) is 0 Å². The summed E-state index contributed by atoms with van der Waals surface area (Å²) in [6, 6.07) is 16.6. The van der Waals surface area contributed by atoms with Crippen LogP contribution in [0.3, 0.4) is 0 Å². The number of esters is 2. The Labute approximate surface area is 208 Å². The Kier molecular flexibility index (Phi) is 7.51. The number of hydrogen-bond donors (Lipinski definition) is 2. The molecule has 2 aromatic carbocycles. The van der Waals surface area contributed by atoms with Gasteiger partial charge in [0, 0.05) is 10.6 Å². The van der Waals surface area contributed by atoms with E-state index in [1.54, 1.807) is 25.1 Å². The third kappa shape index (κ3) is 5.54. The highest BCUT2D eigenvalue weighted by atomic mass is 32.1. The number of thiophene rings is 1. The maximum atomic E-state index is 12.9. The van der Waals surface area contributed by atoms with Gasteiger partial charge in [-0.1, -0.05) is 36.4 Å². The standard InChI is InChI=1S/C27H28N2O5S/c1-3-33-27(32)23-21-13-12-18(17-8-5-4-6-9-17)15-22(21)35-25(23)29-24(30)16(2)34-26(31)19-10-7-11-20(28)14-19/h4-11,14,16,18H,3,12-13,15,28H2,1-2H3,(H,29,30). The molecule has 182 valence electrons. The van der Waals surface area contributed by atoms with Gasteiger partial charge in [-0.05, 0) is 68.4 Å². The Morgan fingerprint density at radius 3 is 2.60 bits per heavy atom. The fourth-order valence-corrected chi connectivity index (χ4v) is 5.58. The van der Waals surface area contributed by atoms with Gasteiger partial charge in [0.1, 0.15) is 5.00 Å². The predicted molar refractivity (Wildman–Crippen MR) is 136 cm³/mol. The van der Waals surface area contributed by atoms with Crippen LogP contribution in [0, 0.1) is 0 Å². The van der Waals surface area contributed by atoms with E-state index in [1.165, 1.54) is 29.9 Å². The first-order chi connectivity index (χ1) is 16.9. The molecule has 35 heavy (non-hydrogen) atoms. The molecule has 1 heterocycles. The SMILES string of the molecule is CCOC(=O)c1c(NC(=O)C(C)OC(=O)c2cccc(N)c2)sc2c1CCC(c1ccccc1)C2. The molecule has 0 fully saturated rings. The van der Waals surface area contributed by atoms with Crippen molar-refractivity contribution in [1.29, 1.82) is 0 Å². The number of fused-ring (bicyclic) bond motifs is 1. The van der Waals surface area contributed by atoms with Gasteiger partial charge in [-0.25, -0.2) is 9.59 Å². The van der Waals surface area contributed by atoms with Crippen molar-refractivity contribution in [2.45, 2.75) is 45.1 Å². The zero-order valence-electron chi connectivity index (χ0n) is 19.7. The van der Waals surface area contributed by atoms with E-state index < -0.39 is 23.9 Å². The number of carbonyl (C=O) groups excluding carboxylic acids is 3. The molecular formula is C27H28N2O5S. The van der Waals surface area contributed by atoms with Gasteiger partial charge in [0.15, 0.2) is 6.10 Å². The molecule has 4 rings (SSSR count). The minimum absolute atomic E-state index is 0.234. The average molecular weight is 493 g/mol. The third-order valence-electron chi connectivity index (χ3n) is 6.03. The van der Waals surface area contributed by atoms with Gasteiger partial charge in [0.2, 0.25) is 0 Å². The molecule has 0 saturated carbocycles. The topological polar surface area (TPSA) is 108 Å². The van der Waals surface area contributed by atoms with Crippen molar-refractivity contribution in [3.63, 3.8) is 0 Å².